The minimum atomic E-state index is -0.785. The zero-order valence-electron chi connectivity index (χ0n) is 11.0. The number of benzene rings is 1. The minimum absolute atomic E-state index is 0.000317. The Hall–Kier alpha value is -1.31. The molecule has 1 aromatic carbocycles. The third-order valence-electron chi connectivity index (χ3n) is 2.69. The van der Waals surface area contributed by atoms with Crippen LogP contribution in [-0.2, 0) is 11.2 Å². The molecule has 1 amide bonds. The number of amides is 1. The van der Waals surface area contributed by atoms with Gasteiger partial charge in [0.25, 0.3) is 0 Å². The Morgan fingerprint density at radius 1 is 1.19 bits per heavy atom. The van der Waals surface area contributed by atoms with Crippen molar-refractivity contribution in [2.45, 2.75) is 6.42 Å². The van der Waals surface area contributed by atoms with Gasteiger partial charge in [-0.3, -0.25) is 4.79 Å². The molecule has 1 aromatic heterocycles. The van der Waals surface area contributed by atoms with Crippen LogP contribution >= 0.6 is 27.3 Å². The Kier molecular flexibility index (Phi) is 5.84. The molecule has 0 aliphatic heterocycles. The van der Waals surface area contributed by atoms with Crippen molar-refractivity contribution in [2.24, 2.45) is 0 Å². The lowest BCUT2D eigenvalue weighted by molar-refractivity contribution is -0.115. The molecule has 0 aliphatic carbocycles. The molecule has 0 unspecified atom stereocenters. The van der Waals surface area contributed by atoms with Crippen molar-refractivity contribution >= 4 is 38.9 Å². The highest BCUT2D eigenvalue weighted by Gasteiger charge is 2.11. The summed E-state index contributed by atoms with van der Waals surface area (Å²) in [5, 5.41) is 5.16. The number of halogens is 3. The molecule has 0 saturated heterocycles. The highest BCUT2D eigenvalue weighted by Crippen LogP contribution is 2.22. The molecule has 2 aromatic rings. The largest absolute Gasteiger partial charge is 0.320 e. The van der Waals surface area contributed by atoms with E-state index in [9.17, 15) is 13.6 Å². The molecule has 3 nitrogen and oxygen atoms in total. The number of carbonyl (C=O) groups is 1. The Morgan fingerprint density at radius 2 is 1.90 bits per heavy atom. The van der Waals surface area contributed by atoms with E-state index in [4.69, 9.17) is 0 Å². The Morgan fingerprint density at radius 3 is 2.52 bits per heavy atom. The summed E-state index contributed by atoms with van der Waals surface area (Å²) in [4.78, 5) is 12.8. The van der Waals surface area contributed by atoms with Crippen molar-refractivity contribution in [3.8, 4) is 0 Å². The summed E-state index contributed by atoms with van der Waals surface area (Å²) in [6.45, 7) is 0.612. The van der Waals surface area contributed by atoms with E-state index in [1.165, 1.54) is 10.9 Å². The van der Waals surface area contributed by atoms with E-state index in [1.807, 2.05) is 12.1 Å². The molecule has 0 spiro atoms. The second kappa shape index (κ2) is 7.63. The first-order valence-electron chi connectivity index (χ1n) is 6.25. The maximum absolute atomic E-state index is 13.3. The van der Waals surface area contributed by atoms with E-state index in [0.717, 1.165) is 22.3 Å². The van der Waals surface area contributed by atoms with E-state index in [1.54, 1.807) is 11.3 Å². The van der Waals surface area contributed by atoms with Gasteiger partial charge in [0.15, 0.2) is 0 Å². The lowest BCUT2D eigenvalue weighted by Gasteiger charge is -2.08. The number of nitrogens with one attached hydrogen (secondary N) is 2. The SMILES string of the molecule is O=C(CNCCc1ccc(Br)s1)Nc1c(F)cccc1F. The lowest BCUT2D eigenvalue weighted by atomic mass is 10.3. The molecular formula is C14H13BrF2N2OS. The Labute approximate surface area is 133 Å². The van der Waals surface area contributed by atoms with E-state index in [0.29, 0.717) is 6.54 Å². The number of rotatable bonds is 6. The van der Waals surface area contributed by atoms with Crippen LogP contribution in [0.5, 0.6) is 0 Å². The average Bonchev–Trinajstić information content (AvgIpc) is 2.85. The smallest absolute Gasteiger partial charge is 0.238 e. The first-order chi connectivity index (χ1) is 10.1. The van der Waals surface area contributed by atoms with E-state index >= 15 is 0 Å². The molecule has 0 saturated carbocycles. The molecule has 0 aliphatic rings. The van der Waals surface area contributed by atoms with Gasteiger partial charge in [-0.2, -0.15) is 0 Å². The maximum atomic E-state index is 13.3. The predicted molar refractivity (Wildman–Crippen MR) is 83.6 cm³/mol. The van der Waals surface area contributed by atoms with E-state index in [2.05, 4.69) is 26.6 Å². The number of carbonyl (C=O) groups excluding carboxylic acids is 1. The van der Waals surface area contributed by atoms with Gasteiger partial charge in [-0.05, 0) is 46.6 Å². The van der Waals surface area contributed by atoms with Crippen LogP contribution < -0.4 is 10.6 Å². The first kappa shape index (κ1) is 16.1. The Balaban J connectivity index is 1.75. The van der Waals surface area contributed by atoms with Crippen molar-refractivity contribution in [1.29, 1.82) is 0 Å². The van der Waals surface area contributed by atoms with Gasteiger partial charge in [-0.15, -0.1) is 11.3 Å². The van der Waals surface area contributed by atoms with Gasteiger partial charge in [0.05, 0.1) is 10.3 Å². The van der Waals surface area contributed by atoms with Crippen LogP contribution in [0.2, 0.25) is 0 Å². The zero-order valence-corrected chi connectivity index (χ0v) is 13.4. The molecule has 21 heavy (non-hydrogen) atoms. The van der Waals surface area contributed by atoms with Gasteiger partial charge in [0.2, 0.25) is 5.91 Å². The van der Waals surface area contributed by atoms with Gasteiger partial charge in [-0.1, -0.05) is 6.07 Å². The van der Waals surface area contributed by atoms with Gasteiger partial charge < -0.3 is 10.6 Å². The standard InChI is InChI=1S/C14H13BrF2N2OS/c15-12-5-4-9(21-12)6-7-18-8-13(20)19-14-10(16)2-1-3-11(14)17/h1-5,18H,6-8H2,(H,19,20). The molecule has 2 rings (SSSR count). The number of thiophene rings is 1. The summed E-state index contributed by atoms with van der Waals surface area (Å²) in [5.41, 5.74) is -0.411. The fourth-order valence-corrected chi connectivity index (χ4v) is 3.18. The number of hydrogen-bond acceptors (Lipinski definition) is 3. The van der Waals surface area contributed by atoms with Crippen LogP contribution in [0.1, 0.15) is 4.88 Å². The van der Waals surface area contributed by atoms with Crippen LogP contribution in [0.25, 0.3) is 0 Å². The molecule has 0 radical (unpaired) electrons. The summed E-state index contributed by atoms with van der Waals surface area (Å²) in [6.07, 6.45) is 0.789. The molecule has 7 heteroatoms. The molecule has 0 fully saturated rings. The molecule has 1 heterocycles. The normalized spacial score (nSPS) is 10.6. The summed E-state index contributed by atoms with van der Waals surface area (Å²) in [7, 11) is 0. The zero-order chi connectivity index (χ0) is 15.2. The summed E-state index contributed by atoms with van der Waals surface area (Å²) in [6, 6.07) is 7.41. The molecule has 0 atom stereocenters. The van der Waals surface area contributed by atoms with Crippen molar-refractivity contribution in [3.05, 3.63) is 50.6 Å². The quantitative estimate of drug-likeness (QED) is 0.759. The second-order valence-corrected chi connectivity index (χ2v) is 6.82. The van der Waals surface area contributed by atoms with Crippen LogP contribution in [0.15, 0.2) is 34.1 Å². The van der Waals surface area contributed by atoms with Gasteiger partial charge in [0, 0.05) is 11.4 Å². The molecular weight excluding hydrogens is 362 g/mol. The number of hydrogen-bond donors (Lipinski definition) is 2. The third-order valence-corrected chi connectivity index (χ3v) is 4.37. The van der Waals surface area contributed by atoms with Crippen molar-refractivity contribution < 1.29 is 13.6 Å². The summed E-state index contributed by atoms with van der Waals surface area (Å²) in [5.74, 6) is -2.05. The Bertz CT molecular complexity index is 613. The summed E-state index contributed by atoms with van der Waals surface area (Å²) >= 11 is 5.01. The van der Waals surface area contributed by atoms with Crippen molar-refractivity contribution in [3.63, 3.8) is 0 Å². The highest BCUT2D eigenvalue weighted by molar-refractivity contribution is 9.11. The lowest BCUT2D eigenvalue weighted by Crippen LogP contribution is -2.30. The average molecular weight is 375 g/mol. The van der Waals surface area contributed by atoms with Gasteiger partial charge >= 0.3 is 0 Å². The predicted octanol–water partition coefficient (Wildman–Crippen LogP) is 3.56. The number of anilines is 1. The second-order valence-electron chi connectivity index (χ2n) is 4.28. The van der Waals surface area contributed by atoms with Crippen LogP contribution in [-0.4, -0.2) is 19.0 Å². The highest BCUT2D eigenvalue weighted by atomic mass is 79.9. The van der Waals surface area contributed by atoms with E-state index in [-0.39, 0.29) is 6.54 Å². The molecule has 112 valence electrons. The van der Waals surface area contributed by atoms with Crippen LogP contribution in [0, 0.1) is 11.6 Å². The van der Waals surface area contributed by atoms with Gasteiger partial charge in [0.1, 0.15) is 17.3 Å². The minimum Gasteiger partial charge on any atom is -0.320 e. The summed E-state index contributed by atoms with van der Waals surface area (Å²) < 4.78 is 27.7. The maximum Gasteiger partial charge on any atom is 0.238 e. The first-order valence-corrected chi connectivity index (χ1v) is 7.86. The topological polar surface area (TPSA) is 41.1 Å². The third kappa shape index (κ3) is 4.87. The van der Waals surface area contributed by atoms with Gasteiger partial charge in [-0.25, -0.2) is 8.78 Å². The number of para-hydroxylation sites is 1. The van der Waals surface area contributed by atoms with Crippen LogP contribution in [0.3, 0.4) is 0 Å². The van der Waals surface area contributed by atoms with Crippen molar-refractivity contribution in [2.75, 3.05) is 18.4 Å². The monoisotopic (exact) mass is 374 g/mol. The molecule has 0 bridgehead atoms. The fourth-order valence-electron chi connectivity index (χ4n) is 1.70. The fraction of sp³-hybridized carbons (Fsp3) is 0.214. The van der Waals surface area contributed by atoms with Crippen LogP contribution in [0.4, 0.5) is 14.5 Å². The van der Waals surface area contributed by atoms with Crippen molar-refractivity contribution in [1.82, 2.24) is 5.32 Å². The van der Waals surface area contributed by atoms with E-state index < -0.39 is 23.2 Å². The molecule has 2 N–H and O–H groups in total.